The molecule has 14 heavy (non-hydrogen) atoms. The minimum absolute atomic E-state index is 0.00844. The van der Waals surface area contributed by atoms with Crippen molar-refractivity contribution < 1.29 is 8.42 Å². The van der Waals surface area contributed by atoms with Crippen LogP contribution in [0.2, 0.25) is 0 Å². The standard InChI is InChI=1S/C7H10ClN3O2S/c1-5(8)3-10-14(12,13)7-4-9-11-6(7)2/h4,10H,1,3H2,2H3,(H,9,11). The Bertz CT molecular complexity index is 438. The molecule has 0 aliphatic heterocycles. The lowest BCUT2D eigenvalue weighted by molar-refractivity contribution is 0.585. The van der Waals surface area contributed by atoms with E-state index in [1.807, 2.05) is 0 Å². The summed E-state index contributed by atoms with van der Waals surface area (Å²) < 4.78 is 25.4. The van der Waals surface area contributed by atoms with Gasteiger partial charge in [0.15, 0.2) is 0 Å². The summed E-state index contributed by atoms with van der Waals surface area (Å²) in [5, 5.41) is 6.38. The van der Waals surface area contributed by atoms with Gasteiger partial charge in [-0.1, -0.05) is 18.2 Å². The van der Waals surface area contributed by atoms with E-state index in [9.17, 15) is 8.42 Å². The summed E-state index contributed by atoms with van der Waals surface area (Å²) in [6.07, 6.45) is 1.24. The topological polar surface area (TPSA) is 74.8 Å². The third-order valence-corrected chi connectivity index (χ3v) is 3.18. The minimum atomic E-state index is -3.53. The van der Waals surface area contributed by atoms with Crippen molar-refractivity contribution in [2.75, 3.05) is 6.54 Å². The molecule has 1 rings (SSSR count). The van der Waals surface area contributed by atoms with Gasteiger partial charge < -0.3 is 0 Å². The maximum absolute atomic E-state index is 11.5. The monoisotopic (exact) mass is 235 g/mol. The van der Waals surface area contributed by atoms with Crippen molar-refractivity contribution in [3.05, 3.63) is 23.5 Å². The predicted octanol–water partition coefficient (Wildman–Crippen LogP) is 0.749. The van der Waals surface area contributed by atoms with E-state index in [4.69, 9.17) is 11.6 Å². The number of halogens is 1. The average molecular weight is 236 g/mol. The van der Waals surface area contributed by atoms with Gasteiger partial charge in [0.25, 0.3) is 0 Å². The first kappa shape index (κ1) is 11.2. The van der Waals surface area contributed by atoms with E-state index in [-0.39, 0.29) is 16.5 Å². The molecule has 0 bridgehead atoms. The van der Waals surface area contributed by atoms with Gasteiger partial charge in [0, 0.05) is 11.6 Å². The highest BCUT2D eigenvalue weighted by Gasteiger charge is 2.17. The molecule has 78 valence electrons. The van der Waals surface area contributed by atoms with Gasteiger partial charge in [-0.05, 0) is 6.92 Å². The van der Waals surface area contributed by atoms with Crippen LogP contribution in [0.25, 0.3) is 0 Å². The number of nitrogens with one attached hydrogen (secondary N) is 2. The number of rotatable bonds is 4. The predicted molar refractivity (Wildman–Crippen MR) is 53.5 cm³/mol. The molecule has 1 heterocycles. The normalized spacial score (nSPS) is 11.6. The lowest BCUT2D eigenvalue weighted by Crippen LogP contribution is -2.25. The van der Waals surface area contributed by atoms with Crippen molar-refractivity contribution in [3.8, 4) is 0 Å². The minimum Gasteiger partial charge on any atom is -0.281 e. The maximum atomic E-state index is 11.5. The lowest BCUT2D eigenvalue weighted by atomic mass is 10.5. The maximum Gasteiger partial charge on any atom is 0.244 e. The zero-order chi connectivity index (χ0) is 10.8. The van der Waals surface area contributed by atoms with E-state index in [0.717, 1.165) is 0 Å². The van der Waals surface area contributed by atoms with E-state index in [2.05, 4.69) is 21.5 Å². The molecule has 0 unspecified atom stereocenters. The highest BCUT2D eigenvalue weighted by molar-refractivity contribution is 7.89. The summed E-state index contributed by atoms with van der Waals surface area (Å²) in [5.41, 5.74) is 0.484. The van der Waals surface area contributed by atoms with Gasteiger partial charge in [-0.15, -0.1) is 0 Å². The molecule has 0 saturated carbocycles. The molecule has 0 aliphatic rings. The van der Waals surface area contributed by atoms with Gasteiger partial charge >= 0.3 is 0 Å². The van der Waals surface area contributed by atoms with Crippen molar-refractivity contribution in [1.29, 1.82) is 0 Å². The lowest BCUT2D eigenvalue weighted by Gasteiger charge is -2.03. The second kappa shape index (κ2) is 4.12. The summed E-state index contributed by atoms with van der Waals surface area (Å²) >= 11 is 5.44. The Morgan fingerprint density at radius 1 is 1.79 bits per heavy atom. The van der Waals surface area contributed by atoms with E-state index < -0.39 is 10.0 Å². The second-order valence-corrected chi connectivity index (χ2v) is 4.97. The number of nitrogens with zero attached hydrogens (tertiary/aromatic N) is 1. The Balaban J connectivity index is 2.87. The van der Waals surface area contributed by atoms with Gasteiger partial charge in [-0.3, -0.25) is 5.10 Å². The van der Waals surface area contributed by atoms with Crippen LogP contribution in [0.5, 0.6) is 0 Å². The number of H-pyrrole nitrogens is 1. The molecule has 0 spiro atoms. The first-order chi connectivity index (χ1) is 6.43. The SMILES string of the molecule is C=C(Cl)CNS(=O)(=O)c1cn[nH]c1C. The molecule has 0 aromatic carbocycles. The number of hydrogen-bond donors (Lipinski definition) is 2. The summed E-state index contributed by atoms with van der Waals surface area (Å²) in [5.74, 6) is 0. The van der Waals surface area contributed by atoms with Gasteiger partial charge in [0.2, 0.25) is 10.0 Å². The second-order valence-electron chi connectivity index (χ2n) is 2.70. The van der Waals surface area contributed by atoms with Crippen molar-refractivity contribution in [2.24, 2.45) is 0 Å². The number of sulfonamides is 1. The van der Waals surface area contributed by atoms with Crippen LogP contribution in [0.3, 0.4) is 0 Å². The molecule has 0 radical (unpaired) electrons. The van der Waals surface area contributed by atoms with Crippen molar-refractivity contribution >= 4 is 21.6 Å². The molecule has 7 heteroatoms. The van der Waals surface area contributed by atoms with E-state index >= 15 is 0 Å². The molecule has 0 atom stereocenters. The number of aromatic nitrogens is 2. The molecule has 0 fully saturated rings. The van der Waals surface area contributed by atoms with Gasteiger partial charge in [0.1, 0.15) is 4.90 Å². The van der Waals surface area contributed by atoms with Crippen LogP contribution < -0.4 is 4.72 Å². The average Bonchev–Trinajstić information content (AvgIpc) is 2.48. The molecule has 5 nitrogen and oxygen atoms in total. The van der Waals surface area contributed by atoms with Crippen LogP contribution in [-0.4, -0.2) is 25.2 Å². The number of aromatic amines is 1. The third kappa shape index (κ3) is 2.57. The van der Waals surface area contributed by atoms with Crippen LogP contribution in [0.15, 0.2) is 22.7 Å². The fourth-order valence-electron chi connectivity index (χ4n) is 0.862. The van der Waals surface area contributed by atoms with E-state index in [0.29, 0.717) is 5.69 Å². The van der Waals surface area contributed by atoms with Gasteiger partial charge in [-0.2, -0.15) is 5.10 Å². The Hall–Kier alpha value is -0.850. The van der Waals surface area contributed by atoms with Crippen molar-refractivity contribution in [2.45, 2.75) is 11.8 Å². The van der Waals surface area contributed by atoms with Crippen molar-refractivity contribution in [1.82, 2.24) is 14.9 Å². The number of hydrogen-bond acceptors (Lipinski definition) is 3. The van der Waals surface area contributed by atoms with Gasteiger partial charge in [-0.25, -0.2) is 13.1 Å². The summed E-state index contributed by atoms with van der Waals surface area (Å²) in [4.78, 5) is 0.121. The summed E-state index contributed by atoms with van der Waals surface area (Å²) in [6.45, 7) is 5.01. The first-order valence-corrected chi connectivity index (χ1v) is 5.62. The summed E-state index contributed by atoms with van der Waals surface area (Å²) in [6, 6.07) is 0. The Kier molecular flexibility index (Phi) is 3.30. The molecular weight excluding hydrogens is 226 g/mol. The van der Waals surface area contributed by atoms with Crippen LogP contribution in [-0.2, 0) is 10.0 Å². The Labute approximate surface area is 87.2 Å². The van der Waals surface area contributed by atoms with Crippen LogP contribution in [0.1, 0.15) is 5.69 Å². The first-order valence-electron chi connectivity index (χ1n) is 3.76. The molecule has 1 aromatic heterocycles. The molecule has 0 saturated heterocycles. The molecule has 1 aromatic rings. The molecule has 0 aliphatic carbocycles. The Morgan fingerprint density at radius 3 is 2.86 bits per heavy atom. The smallest absolute Gasteiger partial charge is 0.244 e. The molecule has 2 N–H and O–H groups in total. The van der Waals surface area contributed by atoms with Crippen LogP contribution in [0.4, 0.5) is 0 Å². The van der Waals surface area contributed by atoms with Gasteiger partial charge in [0.05, 0.1) is 11.9 Å². The zero-order valence-electron chi connectivity index (χ0n) is 7.54. The van der Waals surface area contributed by atoms with E-state index in [1.54, 1.807) is 6.92 Å². The van der Waals surface area contributed by atoms with Crippen molar-refractivity contribution in [3.63, 3.8) is 0 Å². The number of aryl methyl sites for hydroxylation is 1. The highest BCUT2D eigenvalue weighted by Crippen LogP contribution is 2.10. The summed E-state index contributed by atoms with van der Waals surface area (Å²) in [7, 11) is -3.53. The fourth-order valence-corrected chi connectivity index (χ4v) is 2.17. The fraction of sp³-hybridized carbons (Fsp3) is 0.286. The van der Waals surface area contributed by atoms with Crippen LogP contribution in [0, 0.1) is 6.92 Å². The zero-order valence-corrected chi connectivity index (χ0v) is 9.11. The third-order valence-electron chi connectivity index (χ3n) is 1.53. The molecule has 0 amide bonds. The largest absolute Gasteiger partial charge is 0.281 e. The highest BCUT2D eigenvalue weighted by atomic mass is 35.5. The quantitative estimate of drug-likeness (QED) is 0.809. The van der Waals surface area contributed by atoms with Crippen LogP contribution >= 0.6 is 11.6 Å². The molecular formula is C7H10ClN3O2S. The Morgan fingerprint density at radius 2 is 2.43 bits per heavy atom. The van der Waals surface area contributed by atoms with E-state index in [1.165, 1.54) is 6.20 Å².